The van der Waals surface area contributed by atoms with Gasteiger partial charge in [0.2, 0.25) is 11.8 Å². The maximum atomic E-state index is 12.4. The third-order valence-corrected chi connectivity index (χ3v) is 10.2. The minimum absolute atomic E-state index is 0.0658. The van der Waals surface area contributed by atoms with Crippen molar-refractivity contribution < 1.29 is 33.3 Å². The molecule has 3 aromatic rings. The van der Waals surface area contributed by atoms with Gasteiger partial charge < -0.3 is 39.8 Å². The number of azide groups is 1. The summed E-state index contributed by atoms with van der Waals surface area (Å²) in [6.07, 6.45) is 3.53. The molecule has 3 heterocycles. The van der Waals surface area contributed by atoms with E-state index in [9.17, 15) is 14.4 Å². The van der Waals surface area contributed by atoms with Crippen LogP contribution in [0.4, 0.5) is 16.2 Å². The zero-order chi connectivity index (χ0) is 35.8. The molecule has 2 saturated heterocycles. The second kappa shape index (κ2) is 20.0. The summed E-state index contributed by atoms with van der Waals surface area (Å²) in [6.45, 7) is 3.73. The number of nitrogens with one attached hydrogen (secondary N) is 3. The summed E-state index contributed by atoms with van der Waals surface area (Å²) in [4.78, 5) is 45.5. The number of fused-ring (bicyclic) bond motifs is 3. The number of pyridine rings is 1. The number of rotatable bonds is 22. The normalized spacial score (nSPS) is 17.9. The van der Waals surface area contributed by atoms with E-state index < -0.39 is 0 Å². The van der Waals surface area contributed by atoms with E-state index in [4.69, 9.17) is 24.5 Å². The number of hydrogen-bond acceptors (Lipinski definition) is 10. The SMILES string of the molecule is CN(CCOCCOCCOCCOCCC(=O)Nc1ccc2cc3ccc(N=[N+]=[N-])cc3nc2c1)C(=O)CCCC[C@@H]1SC[C@@H]2NC(=O)N[C@@H]21. The van der Waals surface area contributed by atoms with Crippen molar-refractivity contribution >= 4 is 62.8 Å². The highest BCUT2D eigenvalue weighted by Gasteiger charge is 2.42. The number of hydrogen-bond donors (Lipinski definition) is 3. The first-order valence-corrected chi connectivity index (χ1v) is 18.4. The van der Waals surface area contributed by atoms with Gasteiger partial charge in [-0.05, 0) is 42.6 Å². The predicted octanol–water partition coefficient (Wildman–Crippen LogP) is 4.91. The average molecular weight is 723 g/mol. The molecule has 0 saturated carbocycles. The van der Waals surface area contributed by atoms with Gasteiger partial charge in [0.1, 0.15) is 0 Å². The molecule has 0 spiro atoms. The highest BCUT2D eigenvalue weighted by Crippen LogP contribution is 2.33. The van der Waals surface area contributed by atoms with E-state index in [2.05, 4.69) is 31.0 Å². The van der Waals surface area contributed by atoms with Crippen molar-refractivity contribution in [2.75, 3.05) is 77.5 Å². The molecule has 1 aromatic heterocycles. The molecule has 0 unspecified atom stereocenters. The van der Waals surface area contributed by atoms with Crippen LogP contribution in [0.1, 0.15) is 32.1 Å². The molecule has 0 aliphatic carbocycles. The number of anilines is 1. The van der Waals surface area contributed by atoms with E-state index in [-0.39, 0.29) is 43.0 Å². The number of urea groups is 1. The van der Waals surface area contributed by atoms with Crippen molar-refractivity contribution in [2.24, 2.45) is 5.11 Å². The third kappa shape index (κ3) is 11.9. The van der Waals surface area contributed by atoms with Crippen molar-refractivity contribution in [3.63, 3.8) is 0 Å². The fourth-order valence-electron chi connectivity index (χ4n) is 5.93. The maximum Gasteiger partial charge on any atom is 0.315 e. The average Bonchev–Trinajstić information content (AvgIpc) is 3.68. The molecule has 2 aliphatic heterocycles. The summed E-state index contributed by atoms with van der Waals surface area (Å²) in [5, 5.41) is 14.8. The van der Waals surface area contributed by atoms with Gasteiger partial charge in [-0.15, -0.1) is 0 Å². The molecule has 4 amide bonds. The summed E-state index contributed by atoms with van der Waals surface area (Å²) >= 11 is 1.90. The number of aromatic nitrogens is 1. The van der Waals surface area contributed by atoms with E-state index >= 15 is 0 Å². The van der Waals surface area contributed by atoms with Crippen LogP contribution in [0.15, 0.2) is 47.6 Å². The molecule has 16 heteroatoms. The van der Waals surface area contributed by atoms with Crippen LogP contribution in [0.25, 0.3) is 32.2 Å². The maximum absolute atomic E-state index is 12.4. The van der Waals surface area contributed by atoms with Crippen molar-refractivity contribution in [3.05, 3.63) is 52.9 Å². The number of unbranched alkanes of at least 4 members (excludes halogenated alkanes) is 1. The van der Waals surface area contributed by atoms with Crippen LogP contribution in [0.2, 0.25) is 0 Å². The fraction of sp³-hybridized carbons (Fsp3) is 0.543. The van der Waals surface area contributed by atoms with Gasteiger partial charge in [-0.3, -0.25) is 9.59 Å². The molecule has 2 aromatic carbocycles. The summed E-state index contributed by atoms with van der Waals surface area (Å²) in [5.41, 5.74) is 11.2. The predicted molar refractivity (Wildman–Crippen MR) is 196 cm³/mol. The lowest BCUT2D eigenvalue weighted by Crippen LogP contribution is -2.36. The summed E-state index contributed by atoms with van der Waals surface area (Å²) < 4.78 is 22.2. The van der Waals surface area contributed by atoms with Crippen LogP contribution in [0.3, 0.4) is 0 Å². The Morgan fingerprint density at radius 1 is 0.922 bits per heavy atom. The standard InChI is InChI=1S/C35H46N8O7S/c1-43(33(45)5-3-2-4-31-34-30(23-51-31)39-35(46)40-34)11-13-48-15-17-50-19-18-49-16-14-47-12-10-32(44)37-26-8-6-24-20-25-7-9-27(41-42-36)22-29(25)38-28(24)21-26/h6-9,20-22,30-31,34H,2-5,10-19,23H2,1H3,(H,37,44)(H2,39,40,46)/t30-,31-,34-/m0/s1. The number of carbonyl (C=O) groups is 3. The minimum Gasteiger partial charge on any atom is -0.379 e. The first-order valence-electron chi connectivity index (χ1n) is 17.3. The number of benzene rings is 2. The van der Waals surface area contributed by atoms with E-state index in [0.29, 0.717) is 81.4 Å². The van der Waals surface area contributed by atoms with Crippen molar-refractivity contribution in [1.29, 1.82) is 0 Å². The Morgan fingerprint density at radius 3 is 2.35 bits per heavy atom. The second-order valence-corrected chi connectivity index (χ2v) is 13.7. The van der Waals surface area contributed by atoms with E-state index in [1.54, 1.807) is 24.1 Å². The lowest BCUT2D eigenvalue weighted by molar-refractivity contribution is -0.130. The number of thioether (sulfide) groups is 1. The zero-order valence-corrected chi connectivity index (χ0v) is 29.7. The van der Waals surface area contributed by atoms with Crippen LogP contribution >= 0.6 is 11.8 Å². The molecule has 2 fully saturated rings. The molecule has 3 N–H and O–H groups in total. The van der Waals surface area contributed by atoms with Gasteiger partial charge in [0.05, 0.1) is 82.4 Å². The highest BCUT2D eigenvalue weighted by atomic mass is 32.2. The lowest BCUT2D eigenvalue weighted by Gasteiger charge is -2.18. The largest absolute Gasteiger partial charge is 0.379 e. The summed E-state index contributed by atoms with van der Waals surface area (Å²) in [5.74, 6) is 0.900. The monoisotopic (exact) mass is 722 g/mol. The Morgan fingerprint density at radius 2 is 1.61 bits per heavy atom. The Balaban J connectivity index is 0.812. The number of carbonyl (C=O) groups excluding carboxylic acids is 3. The summed E-state index contributed by atoms with van der Waals surface area (Å²) in [7, 11) is 1.80. The number of amides is 4. The van der Waals surface area contributed by atoms with Crippen molar-refractivity contribution in [3.8, 4) is 0 Å². The van der Waals surface area contributed by atoms with E-state index in [0.717, 1.165) is 41.3 Å². The first-order chi connectivity index (χ1) is 24.9. The van der Waals surface area contributed by atoms with Crippen molar-refractivity contribution in [1.82, 2.24) is 20.5 Å². The molecule has 274 valence electrons. The second-order valence-electron chi connectivity index (χ2n) is 12.4. The molecule has 2 aliphatic rings. The topological polar surface area (TPSA) is 189 Å². The van der Waals surface area contributed by atoms with Crippen LogP contribution in [-0.4, -0.2) is 117 Å². The number of nitrogens with zero attached hydrogens (tertiary/aromatic N) is 5. The van der Waals surface area contributed by atoms with Crippen LogP contribution in [-0.2, 0) is 28.5 Å². The molecule has 0 radical (unpaired) electrons. The quantitative estimate of drug-likeness (QED) is 0.0323. The number of ether oxygens (including phenoxy) is 4. The summed E-state index contributed by atoms with van der Waals surface area (Å²) in [6, 6.07) is 13.3. The van der Waals surface area contributed by atoms with Gasteiger partial charge in [-0.1, -0.05) is 29.7 Å². The van der Waals surface area contributed by atoms with Crippen molar-refractivity contribution in [2.45, 2.75) is 49.4 Å². The third-order valence-electron chi connectivity index (χ3n) is 8.69. The van der Waals surface area contributed by atoms with Gasteiger partial charge in [0, 0.05) is 58.1 Å². The van der Waals surface area contributed by atoms with Gasteiger partial charge >= 0.3 is 6.03 Å². The van der Waals surface area contributed by atoms with Gasteiger partial charge in [-0.2, -0.15) is 11.8 Å². The molecule has 5 rings (SSSR count). The Labute approximate surface area is 301 Å². The number of likely N-dealkylation sites (N-methyl/N-ethyl adjacent to an activating group) is 1. The minimum atomic E-state index is -0.168. The Bertz CT molecular complexity index is 1690. The fourth-order valence-corrected chi connectivity index (χ4v) is 7.48. The van der Waals surface area contributed by atoms with Gasteiger partial charge in [0.25, 0.3) is 0 Å². The molecule has 0 bridgehead atoms. The Hall–Kier alpha value is -4.18. The molecular weight excluding hydrogens is 677 g/mol. The molecule has 3 atom stereocenters. The van der Waals surface area contributed by atoms with E-state index in [1.165, 1.54) is 0 Å². The van der Waals surface area contributed by atoms with Crippen LogP contribution in [0.5, 0.6) is 0 Å². The highest BCUT2D eigenvalue weighted by molar-refractivity contribution is 8.00. The lowest BCUT2D eigenvalue weighted by atomic mass is 10.0. The van der Waals surface area contributed by atoms with Gasteiger partial charge in [0.15, 0.2) is 0 Å². The van der Waals surface area contributed by atoms with Gasteiger partial charge in [-0.25, -0.2) is 9.78 Å². The molecular formula is C35H46N8O7S. The van der Waals surface area contributed by atoms with Crippen LogP contribution < -0.4 is 16.0 Å². The zero-order valence-electron chi connectivity index (χ0n) is 28.9. The molecule has 15 nitrogen and oxygen atoms in total. The van der Waals surface area contributed by atoms with Crippen LogP contribution in [0, 0.1) is 0 Å². The molecule has 51 heavy (non-hydrogen) atoms. The van der Waals surface area contributed by atoms with E-state index in [1.807, 2.05) is 42.1 Å². The Kier molecular flexibility index (Phi) is 14.9. The first kappa shape index (κ1) is 38.1. The smallest absolute Gasteiger partial charge is 0.315 e.